The van der Waals surface area contributed by atoms with E-state index in [4.69, 9.17) is 14.6 Å². The monoisotopic (exact) mass is 345 g/mol. The standard InChI is InChI=1S/C15H24BrNO3/c1-11(2)17-10-13-9-14(16)8-12(3)15(13)20-7-6-19-5-4-18/h8-9,11,17-18H,4-7,10H2,1-3H3. The molecule has 4 nitrogen and oxygen atoms in total. The Kier molecular flexibility index (Phi) is 8.14. The molecule has 1 aromatic rings. The zero-order chi connectivity index (χ0) is 15.0. The van der Waals surface area contributed by atoms with Crippen LogP contribution in [0, 0.1) is 6.92 Å². The molecule has 1 aromatic carbocycles. The average Bonchev–Trinajstić information content (AvgIpc) is 2.38. The number of aryl methyl sites for hydroxylation is 1. The van der Waals surface area contributed by atoms with E-state index in [1.54, 1.807) is 0 Å². The first-order valence-corrected chi connectivity index (χ1v) is 7.67. The summed E-state index contributed by atoms with van der Waals surface area (Å²) in [5.41, 5.74) is 2.23. The first kappa shape index (κ1) is 17.4. The molecule has 2 N–H and O–H groups in total. The fourth-order valence-corrected chi connectivity index (χ4v) is 2.44. The van der Waals surface area contributed by atoms with Gasteiger partial charge in [-0.2, -0.15) is 0 Å². The maximum atomic E-state index is 8.64. The van der Waals surface area contributed by atoms with E-state index in [1.165, 1.54) is 0 Å². The van der Waals surface area contributed by atoms with Crippen LogP contribution in [0.2, 0.25) is 0 Å². The van der Waals surface area contributed by atoms with Gasteiger partial charge >= 0.3 is 0 Å². The molecule has 0 atom stereocenters. The Labute approximate surface area is 129 Å². The number of nitrogens with one attached hydrogen (secondary N) is 1. The predicted octanol–water partition coefficient (Wildman–Crippen LogP) is 2.64. The Balaban J connectivity index is 2.66. The van der Waals surface area contributed by atoms with E-state index >= 15 is 0 Å². The first-order valence-electron chi connectivity index (χ1n) is 6.88. The maximum absolute atomic E-state index is 8.64. The summed E-state index contributed by atoms with van der Waals surface area (Å²) in [6, 6.07) is 4.55. The molecule has 1 rings (SSSR count). The molecule has 0 spiro atoms. The Hall–Kier alpha value is -0.620. The summed E-state index contributed by atoms with van der Waals surface area (Å²) in [5, 5.41) is 12.0. The Morgan fingerprint density at radius 2 is 2.00 bits per heavy atom. The van der Waals surface area contributed by atoms with Crippen LogP contribution in [0.5, 0.6) is 5.75 Å². The molecule has 0 saturated carbocycles. The number of aliphatic hydroxyl groups excluding tert-OH is 1. The van der Waals surface area contributed by atoms with Gasteiger partial charge in [0.15, 0.2) is 0 Å². The Morgan fingerprint density at radius 3 is 2.65 bits per heavy atom. The molecule has 0 amide bonds. The lowest BCUT2D eigenvalue weighted by molar-refractivity contribution is 0.0701. The zero-order valence-electron chi connectivity index (χ0n) is 12.4. The number of hydrogen-bond donors (Lipinski definition) is 2. The van der Waals surface area contributed by atoms with Gasteiger partial charge in [0.1, 0.15) is 12.4 Å². The van der Waals surface area contributed by atoms with Crippen LogP contribution in [0.1, 0.15) is 25.0 Å². The van der Waals surface area contributed by atoms with Crippen LogP contribution in [0.4, 0.5) is 0 Å². The van der Waals surface area contributed by atoms with E-state index in [-0.39, 0.29) is 6.61 Å². The van der Waals surface area contributed by atoms with Crippen LogP contribution in [0.3, 0.4) is 0 Å². The minimum absolute atomic E-state index is 0.0425. The highest BCUT2D eigenvalue weighted by atomic mass is 79.9. The van der Waals surface area contributed by atoms with Crippen LogP contribution in [-0.2, 0) is 11.3 Å². The van der Waals surface area contributed by atoms with E-state index in [0.29, 0.717) is 25.9 Å². The molecule has 20 heavy (non-hydrogen) atoms. The van der Waals surface area contributed by atoms with Gasteiger partial charge in [0.2, 0.25) is 0 Å². The highest BCUT2D eigenvalue weighted by Gasteiger charge is 2.09. The number of ether oxygens (including phenoxy) is 2. The van der Waals surface area contributed by atoms with Crippen molar-refractivity contribution < 1.29 is 14.6 Å². The third-order valence-electron chi connectivity index (χ3n) is 2.73. The molecule has 0 aliphatic carbocycles. The zero-order valence-corrected chi connectivity index (χ0v) is 14.0. The average molecular weight is 346 g/mol. The molecule has 0 aliphatic heterocycles. The SMILES string of the molecule is Cc1cc(Br)cc(CNC(C)C)c1OCCOCCO. The van der Waals surface area contributed by atoms with E-state index in [0.717, 1.165) is 27.9 Å². The van der Waals surface area contributed by atoms with Gasteiger partial charge in [-0.25, -0.2) is 0 Å². The van der Waals surface area contributed by atoms with Gasteiger partial charge in [-0.15, -0.1) is 0 Å². The largest absolute Gasteiger partial charge is 0.491 e. The summed E-state index contributed by atoms with van der Waals surface area (Å²) >= 11 is 3.52. The van der Waals surface area contributed by atoms with Crippen molar-refractivity contribution in [1.29, 1.82) is 0 Å². The van der Waals surface area contributed by atoms with Gasteiger partial charge in [0.05, 0.1) is 19.8 Å². The van der Waals surface area contributed by atoms with E-state index in [2.05, 4.69) is 41.2 Å². The van der Waals surface area contributed by atoms with Crippen LogP contribution in [-0.4, -0.2) is 37.6 Å². The van der Waals surface area contributed by atoms with Crippen molar-refractivity contribution in [3.8, 4) is 5.75 Å². The van der Waals surface area contributed by atoms with Crippen LogP contribution in [0.25, 0.3) is 0 Å². The fourth-order valence-electron chi connectivity index (χ4n) is 1.82. The summed E-state index contributed by atoms with van der Waals surface area (Å²) in [7, 11) is 0. The molecule has 114 valence electrons. The van der Waals surface area contributed by atoms with Crippen molar-refractivity contribution in [2.45, 2.75) is 33.4 Å². The minimum atomic E-state index is 0.0425. The number of hydrogen-bond acceptors (Lipinski definition) is 4. The number of aliphatic hydroxyl groups is 1. The van der Waals surface area contributed by atoms with Gasteiger partial charge in [0, 0.05) is 22.6 Å². The second-order valence-electron chi connectivity index (χ2n) is 4.93. The summed E-state index contributed by atoms with van der Waals surface area (Å²) in [6.45, 7) is 8.40. The third-order valence-corrected chi connectivity index (χ3v) is 3.18. The Morgan fingerprint density at radius 1 is 1.25 bits per heavy atom. The molecular weight excluding hydrogens is 322 g/mol. The third kappa shape index (κ3) is 6.22. The van der Waals surface area contributed by atoms with E-state index < -0.39 is 0 Å². The molecular formula is C15H24BrNO3. The Bertz CT molecular complexity index is 410. The van der Waals surface area contributed by atoms with E-state index in [9.17, 15) is 0 Å². The molecule has 0 radical (unpaired) electrons. The molecule has 0 heterocycles. The summed E-state index contributed by atoms with van der Waals surface area (Å²) in [6.07, 6.45) is 0. The second kappa shape index (κ2) is 9.34. The first-order chi connectivity index (χ1) is 9.54. The normalized spacial score (nSPS) is 11.1. The number of rotatable bonds is 9. The quantitative estimate of drug-likeness (QED) is 0.675. The lowest BCUT2D eigenvalue weighted by atomic mass is 10.1. The van der Waals surface area contributed by atoms with Crippen molar-refractivity contribution in [3.63, 3.8) is 0 Å². The summed E-state index contributed by atoms with van der Waals surface area (Å²) < 4.78 is 12.1. The second-order valence-corrected chi connectivity index (χ2v) is 5.85. The highest BCUT2D eigenvalue weighted by molar-refractivity contribution is 9.10. The van der Waals surface area contributed by atoms with Crippen LogP contribution in [0.15, 0.2) is 16.6 Å². The van der Waals surface area contributed by atoms with Crippen LogP contribution < -0.4 is 10.1 Å². The van der Waals surface area contributed by atoms with Gasteiger partial charge < -0.3 is 19.9 Å². The fraction of sp³-hybridized carbons (Fsp3) is 0.600. The smallest absolute Gasteiger partial charge is 0.126 e. The van der Waals surface area contributed by atoms with Gasteiger partial charge in [-0.1, -0.05) is 29.8 Å². The van der Waals surface area contributed by atoms with E-state index in [1.807, 2.05) is 13.0 Å². The van der Waals surface area contributed by atoms with Crippen molar-refractivity contribution in [3.05, 3.63) is 27.7 Å². The summed E-state index contributed by atoms with van der Waals surface area (Å²) in [4.78, 5) is 0. The topological polar surface area (TPSA) is 50.7 Å². The van der Waals surface area contributed by atoms with Gasteiger partial charge in [-0.3, -0.25) is 0 Å². The lowest BCUT2D eigenvalue weighted by Gasteiger charge is -2.16. The van der Waals surface area contributed by atoms with Crippen molar-refractivity contribution in [2.75, 3.05) is 26.4 Å². The van der Waals surface area contributed by atoms with Gasteiger partial charge in [0.25, 0.3) is 0 Å². The molecule has 0 aromatic heterocycles. The minimum Gasteiger partial charge on any atom is -0.491 e. The molecule has 0 saturated heterocycles. The molecule has 0 unspecified atom stereocenters. The number of halogens is 1. The highest BCUT2D eigenvalue weighted by Crippen LogP contribution is 2.28. The molecule has 0 fully saturated rings. The number of benzene rings is 1. The molecule has 0 aliphatic rings. The molecule has 5 heteroatoms. The van der Waals surface area contributed by atoms with Crippen molar-refractivity contribution in [2.24, 2.45) is 0 Å². The molecule has 0 bridgehead atoms. The lowest BCUT2D eigenvalue weighted by Crippen LogP contribution is -2.22. The predicted molar refractivity (Wildman–Crippen MR) is 84.3 cm³/mol. The maximum Gasteiger partial charge on any atom is 0.126 e. The van der Waals surface area contributed by atoms with Gasteiger partial charge in [-0.05, 0) is 24.6 Å². The van der Waals surface area contributed by atoms with Crippen molar-refractivity contribution in [1.82, 2.24) is 5.32 Å². The van der Waals surface area contributed by atoms with Crippen LogP contribution >= 0.6 is 15.9 Å². The summed E-state index contributed by atoms with van der Waals surface area (Å²) in [5.74, 6) is 0.911. The van der Waals surface area contributed by atoms with Crippen molar-refractivity contribution >= 4 is 15.9 Å².